The molecule has 1 aromatic heterocycles. The summed E-state index contributed by atoms with van der Waals surface area (Å²) in [6.45, 7) is 8.87. The molecule has 6 N–H and O–H groups in total. The van der Waals surface area contributed by atoms with Gasteiger partial charge in [-0.15, -0.1) is 0 Å². The fraction of sp³-hybridized carbons (Fsp3) is 0.444. The molecular weight excluding hydrogens is 424 g/mol. The van der Waals surface area contributed by atoms with Crippen LogP contribution in [0.15, 0.2) is 15.3 Å². The standard InChI is InChI=1S/C8H10O3.5C2H4O2/c1-3-6-4-7(9)8(10)5(2)11-6;5*1-2(3)4/h4,10H,3H2,1-2H3;5*1H3,(H,3,4). The monoisotopic (exact) mass is 454 g/mol. The third-order valence-electron chi connectivity index (χ3n) is 1.49. The summed E-state index contributed by atoms with van der Waals surface area (Å²) >= 11 is 0. The van der Waals surface area contributed by atoms with Crippen LogP contribution in [-0.2, 0) is 30.4 Å². The summed E-state index contributed by atoms with van der Waals surface area (Å²) in [7, 11) is 0. The van der Waals surface area contributed by atoms with Crippen LogP contribution in [-0.4, -0.2) is 60.5 Å². The highest BCUT2D eigenvalue weighted by atomic mass is 16.4. The van der Waals surface area contributed by atoms with Crippen molar-refractivity contribution in [1.82, 2.24) is 0 Å². The minimum atomic E-state index is -0.833. The molecule has 0 bridgehead atoms. The Balaban J connectivity index is -0.0000000958. The molecule has 0 atom stereocenters. The van der Waals surface area contributed by atoms with Gasteiger partial charge in [-0.25, -0.2) is 0 Å². The lowest BCUT2D eigenvalue weighted by atomic mass is 10.3. The number of rotatable bonds is 1. The number of carbonyl (C=O) groups is 5. The molecule has 0 unspecified atom stereocenters. The zero-order valence-corrected chi connectivity index (χ0v) is 18.3. The largest absolute Gasteiger partial charge is 0.502 e. The molecule has 0 saturated carbocycles. The predicted molar refractivity (Wildman–Crippen MR) is 107 cm³/mol. The molecule has 0 aliphatic heterocycles. The number of carboxylic acid groups (broad SMARTS) is 5. The summed E-state index contributed by atoms with van der Waals surface area (Å²) in [6.07, 6.45) is 0.663. The lowest BCUT2D eigenvalue weighted by Crippen LogP contribution is -2.01. The second-order valence-corrected chi connectivity index (χ2v) is 4.93. The average molecular weight is 454 g/mol. The van der Waals surface area contributed by atoms with Gasteiger partial charge in [-0.2, -0.15) is 0 Å². The maximum Gasteiger partial charge on any atom is 0.300 e. The van der Waals surface area contributed by atoms with Crippen molar-refractivity contribution in [2.75, 3.05) is 0 Å². The zero-order chi connectivity index (χ0) is 26.3. The smallest absolute Gasteiger partial charge is 0.300 e. The van der Waals surface area contributed by atoms with E-state index in [0.29, 0.717) is 12.2 Å². The van der Waals surface area contributed by atoms with Crippen molar-refractivity contribution in [2.45, 2.75) is 54.9 Å². The Labute approximate surface area is 178 Å². The van der Waals surface area contributed by atoms with E-state index in [1.807, 2.05) is 6.92 Å². The molecule has 0 aliphatic carbocycles. The van der Waals surface area contributed by atoms with Gasteiger partial charge in [0.05, 0.1) is 0 Å². The van der Waals surface area contributed by atoms with Crippen LogP contribution in [0.5, 0.6) is 5.75 Å². The van der Waals surface area contributed by atoms with Gasteiger partial charge >= 0.3 is 0 Å². The summed E-state index contributed by atoms with van der Waals surface area (Å²) < 4.78 is 5.09. The summed E-state index contributed by atoms with van der Waals surface area (Å²) in [6, 6.07) is 1.31. The van der Waals surface area contributed by atoms with Gasteiger partial charge < -0.3 is 35.1 Å². The lowest BCUT2D eigenvalue weighted by Gasteiger charge is -1.98. The second-order valence-electron chi connectivity index (χ2n) is 4.93. The van der Waals surface area contributed by atoms with E-state index in [1.54, 1.807) is 6.92 Å². The normalized spacial score (nSPS) is 7.58. The topological polar surface area (TPSA) is 237 Å². The highest BCUT2D eigenvalue weighted by Crippen LogP contribution is 2.11. The van der Waals surface area contributed by atoms with Gasteiger partial charge in [0, 0.05) is 47.1 Å². The second kappa shape index (κ2) is 24.1. The number of hydrogen-bond acceptors (Lipinski definition) is 8. The van der Waals surface area contributed by atoms with Crippen LogP contribution < -0.4 is 5.43 Å². The van der Waals surface area contributed by atoms with Gasteiger partial charge in [-0.05, 0) is 6.92 Å². The van der Waals surface area contributed by atoms with Crippen LogP contribution in [0, 0.1) is 6.92 Å². The minimum absolute atomic E-state index is 0.286. The quantitative estimate of drug-likeness (QED) is 0.354. The van der Waals surface area contributed by atoms with Crippen molar-refractivity contribution in [2.24, 2.45) is 0 Å². The summed E-state index contributed by atoms with van der Waals surface area (Å²) in [5.74, 6) is -3.57. The highest BCUT2D eigenvalue weighted by Gasteiger charge is 2.04. The lowest BCUT2D eigenvalue weighted by molar-refractivity contribution is -0.135. The van der Waals surface area contributed by atoms with Crippen LogP contribution in [0.2, 0.25) is 0 Å². The Bertz CT molecular complexity index is 643. The van der Waals surface area contributed by atoms with Gasteiger partial charge in [0.15, 0.2) is 0 Å². The van der Waals surface area contributed by atoms with Crippen molar-refractivity contribution in [3.63, 3.8) is 0 Å². The Morgan fingerprint density at radius 2 is 0.968 bits per heavy atom. The first-order valence-electron chi connectivity index (χ1n) is 8.11. The summed E-state index contributed by atoms with van der Waals surface area (Å²) in [4.78, 5) is 55.9. The van der Waals surface area contributed by atoms with E-state index in [0.717, 1.165) is 34.6 Å². The fourth-order valence-electron chi connectivity index (χ4n) is 0.837. The molecule has 1 aromatic rings. The van der Waals surface area contributed by atoms with Gasteiger partial charge in [0.2, 0.25) is 11.2 Å². The van der Waals surface area contributed by atoms with Crippen LogP contribution >= 0.6 is 0 Å². The molecule has 1 heterocycles. The van der Waals surface area contributed by atoms with Crippen LogP contribution in [0.1, 0.15) is 53.1 Å². The fourth-order valence-corrected chi connectivity index (χ4v) is 0.837. The molecule has 1 rings (SSSR count). The molecular formula is C18H30O13. The Morgan fingerprint density at radius 1 is 0.742 bits per heavy atom. The molecule has 13 nitrogen and oxygen atoms in total. The molecule has 0 radical (unpaired) electrons. The van der Waals surface area contributed by atoms with Crippen molar-refractivity contribution in [3.8, 4) is 5.75 Å². The van der Waals surface area contributed by atoms with E-state index >= 15 is 0 Å². The number of hydrogen-bond donors (Lipinski definition) is 6. The first kappa shape index (κ1) is 37.8. The van der Waals surface area contributed by atoms with E-state index in [9.17, 15) is 4.79 Å². The first-order valence-corrected chi connectivity index (χ1v) is 8.11. The van der Waals surface area contributed by atoms with Crippen molar-refractivity contribution in [1.29, 1.82) is 0 Å². The Morgan fingerprint density at radius 3 is 1.13 bits per heavy atom. The molecule has 0 amide bonds. The molecule has 0 aromatic carbocycles. The molecule has 31 heavy (non-hydrogen) atoms. The minimum Gasteiger partial charge on any atom is -0.502 e. The molecule has 0 saturated heterocycles. The van der Waals surface area contributed by atoms with Crippen LogP contribution in [0.4, 0.5) is 0 Å². The molecule has 0 fully saturated rings. The number of aryl methyl sites for hydroxylation is 2. The third-order valence-corrected chi connectivity index (χ3v) is 1.49. The van der Waals surface area contributed by atoms with Crippen molar-refractivity contribution >= 4 is 29.8 Å². The van der Waals surface area contributed by atoms with E-state index in [2.05, 4.69) is 0 Å². The van der Waals surface area contributed by atoms with Gasteiger partial charge in [-0.3, -0.25) is 28.8 Å². The Kier molecular flexibility index (Phi) is 29.4. The van der Waals surface area contributed by atoms with E-state index in [4.69, 9.17) is 59.0 Å². The maximum atomic E-state index is 10.9. The SMILES string of the molecule is CC(=O)O.CC(=O)O.CC(=O)O.CC(=O)O.CC(=O)O.CCc1cc(=O)c(O)c(C)o1. The molecule has 0 aliphatic rings. The van der Waals surface area contributed by atoms with E-state index < -0.39 is 29.8 Å². The average Bonchev–Trinajstić information content (AvgIpc) is 2.49. The highest BCUT2D eigenvalue weighted by molar-refractivity contribution is 5.63. The zero-order valence-electron chi connectivity index (χ0n) is 18.3. The molecule has 0 spiro atoms. The van der Waals surface area contributed by atoms with Gasteiger partial charge in [0.25, 0.3) is 29.8 Å². The third kappa shape index (κ3) is 76.2. The van der Waals surface area contributed by atoms with Crippen LogP contribution in [0.3, 0.4) is 0 Å². The van der Waals surface area contributed by atoms with Crippen molar-refractivity contribution in [3.05, 3.63) is 27.8 Å². The number of aromatic hydroxyl groups is 1. The first-order chi connectivity index (χ1) is 13.8. The molecule has 180 valence electrons. The predicted octanol–water partition coefficient (Wildman–Crippen LogP) is 1.67. The number of aliphatic carboxylic acids is 5. The van der Waals surface area contributed by atoms with Crippen LogP contribution in [0.25, 0.3) is 0 Å². The summed E-state index contributed by atoms with van der Waals surface area (Å²) in [5, 5.41) is 46.1. The van der Waals surface area contributed by atoms with Gasteiger partial charge in [0.1, 0.15) is 11.5 Å². The molecule has 13 heteroatoms. The summed E-state index contributed by atoms with van der Waals surface area (Å²) in [5.41, 5.74) is -0.370. The Hall–Kier alpha value is -3.90. The van der Waals surface area contributed by atoms with E-state index in [-0.39, 0.29) is 16.9 Å². The van der Waals surface area contributed by atoms with Crippen molar-refractivity contribution < 1.29 is 59.0 Å². The van der Waals surface area contributed by atoms with Gasteiger partial charge in [-0.1, -0.05) is 6.92 Å². The van der Waals surface area contributed by atoms with E-state index in [1.165, 1.54) is 6.07 Å². The maximum absolute atomic E-state index is 10.9. The number of carboxylic acids is 5.